The molecule has 2 amide bonds. The lowest BCUT2D eigenvalue weighted by Gasteiger charge is -2.39. The van der Waals surface area contributed by atoms with Crippen LogP contribution in [0.25, 0.3) is 0 Å². The molecule has 0 unspecified atom stereocenters. The average molecular weight is 349 g/mol. The summed E-state index contributed by atoms with van der Waals surface area (Å²) in [4.78, 5) is 28.2. The van der Waals surface area contributed by atoms with Crippen molar-refractivity contribution in [3.8, 4) is 0 Å². The maximum atomic E-state index is 13.4. The zero-order valence-electron chi connectivity index (χ0n) is 14.4. The Balaban J connectivity index is 1.62. The van der Waals surface area contributed by atoms with E-state index >= 15 is 0 Å². The highest BCUT2D eigenvalue weighted by atomic mass is 16.2. The van der Waals surface area contributed by atoms with Gasteiger partial charge in [-0.25, -0.2) is 4.90 Å². The molecule has 4 aliphatic rings. The van der Waals surface area contributed by atoms with Crippen LogP contribution >= 0.6 is 0 Å². The Bertz CT molecular complexity index is 1060. The van der Waals surface area contributed by atoms with Crippen molar-refractivity contribution in [3.63, 3.8) is 0 Å². The number of amides is 2. The number of carbonyl (C=O) groups is 2. The molecule has 0 N–H and O–H groups in total. The molecule has 1 aliphatic heterocycles. The Labute approximate surface area is 156 Å². The highest BCUT2D eigenvalue weighted by molar-refractivity contribution is 6.34. The van der Waals surface area contributed by atoms with E-state index in [4.69, 9.17) is 0 Å². The molecule has 3 nitrogen and oxygen atoms in total. The minimum Gasteiger partial charge on any atom is -0.269 e. The summed E-state index contributed by atoms with van der Waals surface area (Å²) in [6.07, 6.45) is 0. The lowest BCUT2D eigenvalue weighted by atomic mass is 9.61. The molecule has 0 aromatic heterocycles. The molecule has 3 aliphatic carbocycles. The molecule has 0 atom stereocenters. The summed E-state index contributed by atoms with van der Waals surface area (Å²) in [6.45, 7) is 0. The average Bonchev–Trinajstić information content (AvgIpc) is 3.00. The molecule has 1 heterocycles. The van der Waals surface area contributed by atoms with Gasteiger partial charge >= 0.3 is 0 Å². The highest BCUT2D eigenvalue weighted by Crippen LogP contribution is 2.58. The first-order chi connectivity index (χ1) is 13.3. The van der Waals surface area contributed by atoms with Crippen LogP contribution in [0.1, 0.15) is 34.1 Å². The largest absolute Gasteiger partial charge is 0.269 e. The molecule has 3 heteroatoms. The predicted octanol–water partition coefficient (Wildman–Crippen LogP) is 4.15. The third kappa shape index (κ3) is 1.71. The minimum atomic E-state index is -0.180. The SMILES string of the molecule is O=C1C2=C(C(=O)N1c1ccccc1)C1c3ccccc3C2c2ccccc21. The van der Waals surface area contributed by atoms with Crippen LogP contribution in [0.15, 0.2) is 90.0 Å². The van der Waals surface area contributed by atoms with Crippen LogP contribution in [0.3, 0.4) is 0 Å². The van der Waals surface area contributed by atoms with Crippen LogP contribution in [-0.2, 0) is 9.59 Å². The molecule has 2 bridgehead atoms. The smallest absolute Gasteiger partial charge is 0.262 e. The molecule has 0 radical (unpaired) electrons. The first-order valence-electron chi connectivity index (χ1n) is 9.13. The van der Waals surface area contributed by atoms with Gasteiger partial charge in [-0.3, -0.25) is 9.59 Å². The Morgan fingerprint density at radius 2 is 0.889 bits per heavy atom. The first kappa shape index (κ1) is 14.7. The van der Waals surface area contributed by atoms with Crippen LogP contribution in [0.5, 0.6) is 0 Å². The van der Waals surface area contributed by atoms with Crippen molar-refractivity contribution in [2.45, 2.75) is 11.8 Å². The van der Waals surface area contributed by atoms with Gasteiger partial charge in [-0.05, 0) is 34.4 Å². The summed E-state index contributed by atoms with van der Waals surface area (Å²) < 4.78 is 0. The maximum absolute atomic E-state index is 13.4. The molecule has 27 heavy (non-hydrogen) atoms. The number of carbonyl (C=O) groups excluding carboxylic acids is 2. The number of nitrogens with zero attached hydrogens (tertiary/aromatic N) is 1. The molecule has 0 saturated carbocycles. The van der Waals surface area contributed by atoms with E-state index in [1.807, 2.05) is 54.6 Å². The summed E-state index contributed by atoms with van der Waals surface area (Å²) in [5.41, 5.74) is 6.55. The standard InChI is InChI=1S/C24H15NO2/c26-23-21-19-15-10-4-5-11-16(15)20(18-13-7-6-12-17(18)19)22(21)24(27)25(23)14-8-2-1-3-9-14/h1-13,19-20H. The Morgan fingerprint density at radius 1 is 0.519 bits per heavy atom. The second-order valence-electron chi connectivity index (χ2n) is 7.23. The van der Waals surface area contributed by atoms with Gasteiger partial charge in [0.25, 0.3) is 11.8 Å². The number of rotatable bonds is 1. The van der Waals surface area contributed by atoms with Crippen LogP contribution in [0.2, 0.25) is 0 Å². The second-order valence-corrected chi connectivity index (χ2v) is 7.23. The fourth-order valence-electron chi connectivity index (χ4n) is 4.96. The van der Waals surface area contributed by atoms with Crippen molar-refractivity contribution in [2.75, 3.05) is 4.90 Å². The van der Waals surface area contributed by atoms with Gasteiger partial charge < -0.3 is 0 Å². The van der Waals surface area contributed by atoms with Crippen molar-refractivity contribution < 1.29 is 9.59 Å². The quantitative estimate of drug-likeness (QED) is 0.619. The van der Waals surface area contributed by atoms with Gasteiger partial charge in [0, 0.05) is 23.0 Å². The zero-order chi connectivity index (χ0) is 18.1. The Kier molecular flexibility index (Phi) is 2.74. The molecule has 128 valence electrons. The van der Waals surface area contributed by atoms with Crippen molar-refractivity contribution in [2.24, 2.45) is 0 Å². The molecule has 0 saturated heterocycles. The lowest BCUT2D eigenvalue weighted by Crippen LogP contribution is -2.31. The Hall–Kier alpha value is -3.46. The van der Waals surface area contributed by atoms with E-state index in [-0.39, 0.29) is 23.7 Å². The van der Waals surface area contributed by atoms with E-state index in [1.54, 1.807) is 0 Å². The molecule has 0 fully saturated rings. The van der Waals surface area contributed by atoms with Crippen molar-refractivity contribution in [3.05, 3.63) is 112 Å². The van der Waals surface area contributed by atoms with Crippen molar-refractivity contribution in [1.29, 1.82) is 0 Å². The topological polar surface area (TPSA) is 37.4 Å². The van der Waals surface area contributed by atoms with Crippen LogP contribution in [0.4, 0.5) is 5.69 Å². The van der Waals surface area contributed by atoms with Gasteiger partial charge in [0.1, 0.15) is 0 Å². The molecule has 3 aromatic rings. The second kappa shape index (κ2) is 5.04. The zero-order valence-corrected chi connectivity index (χ0v) is 14.4. The number of hydrogen-bond donors (Lipinski definition) is 0. The van der Waals surface area contributed by atoms with Crippen molar-refractivity contribution in [1.82, 2.24) is 0 Å². The van der Waals surface area contributed by atoms with Gasteiger partial charge in [-0.1, -0.05) is 66.7 Å². The van der Waals surface area contributed by atoms with Crippen LogP contribution < -0.4 is 4.90 Å². The van der Waals surface area contributed by atoms with E-state index in [1.165, 1.54) is 4.90 Å². The van der Waals surface area contributed by atoms with Crippen LogP contribution in [-0.4, -0.2) is 11.8 Å². The minimum absolute atomic E-state index is 0.164. The van der Waals surface area contributed by atoms with E-state index in [9.17, 15) is 9.59 Å². The summed E-state index contributed by atoms with van der Waals surface area (Å²) in [5, 5.41) is 0. The van der Waals surface area contributed by atoms with Crippen molar-refractivity contribution >= 4 is 17.5 Å². The third-order valence-corrected chi connectivity index (χ3v) is 5.98. The summed E-state index contributed by atoms with van der Waals surface area (Å²) in [6, 6.07) is 25.6. The molecular formula is C24H15NO2. The van der Waals surface area contributed by atoms with E-state index in [2.05, 4.69) is 24.3 Å². The molecular weight excluding hydrogens is 334 g/mol. The highest BCUT2D eigenvalue weighted by Gasteiger charge is 2.53. The predicted molar refractivity (Wildman–Crippen MR) is 103 cm³/mol. The first-order valence-corrected chi connectivity index (χ1v) is 9.13. The number of anilines is 1. The normalized spacial score (nSPS) is 22.0. The molecule has 0 spiro atoms. The monoisotopic (exact) mass is 349 g/mol. The summed E-state index contributed by atoms with van der Waals surface area (Å²) in [7, 11) is 0. The number of benzene rings is 3. The van der Waals surface area contributed by atoms with Gasteiger partial charge in [0.15, 0.2) is 0 Å². The number of imide groups is 1. The fraction of sp³-hybridized carbons (Fsp3) is 0.0833. The summed E-state index contributed by atoms with van der Waals surface area (Å²) in [5.74, 6) is -0.689. The number of hydrogen-bond acceptors (Lipinski definition) is 2. The van der Waals surface area contributed by atoms with Gasteiger partial charge in [-0.15, -0.1) is 0 Å². The summed E-state index contributed by atoms with van der Waals surface area (Å²) >= 11 is 0. The Morgan fingerprint density at radius 3 is 1.30 bits per heavy atom. The van der Waals surface area contributed by atoms with E-state index in [0.29, 0.717) is 16.8 Å². The molecule has 7 rings (SSSR count). The van der Waals surface area contributed by atoms with E-state index in [0.717, 1.165) is 22.3 Å². The van der Waals surface area contributed by atoms with Gasteiger partial charge in [-0.2, -0.15) is 0 Å². The fourth-order valence-corrected chi connectivity index (χ4v) is 4.96. The van der Waals surface area contributed by atoms with Crippen LogP contribution in [0, 0.1) is 0 Å². The molecule has 3 aromatic carbocycles. The maximum Gasteiger partial charge on any atom is 0.262 e. The van der Waals surface area contributed by atoms with Gasteiger partial charge in [0.05, 0.1) is 5.69 Å². The van der Waals surface area contributed by atoms with Gasteiger partial charge in [0.2, 0.25) is 0 Å². The third-order valence-electron chi connectivity index (χ3n) is 5.98. The van der Waals surface area contributed by atoms with E-state index < -0.39 is 0 Å². The lowest BCUT2D eigenvalue weighted by molar-refractivity contribution is -0.120. The number of para-hydroxylation sites is 1.